The molecule has 3 aromatic rings. The molecule has 1 aliphatic rings. The Hall–Kier alpha value is -2.75. The highest BCUT2D eigenvalue weighted by Gasteiger charge is 2.24. The Bertz CT molecular complexity index is 1260. The number of hydrogen-bond donors (Lipinski definition) is 1. The highest BCUT2D eigenvalue weighted by Crippen LogP contribution is 2.28. The smallest absolute Gasteiger partial charge is 0.253 e. The summed E-state index contributed by atoms with van der Waals surface area (Å²) in [5.41, 5.74) is 4.35. The van der Waals surface area contributed by atoms with Crippen molar-refractivity contribution in [3.8, 4) is 11.3 Å². The fraction of sp³-hybridized carbons (Fsp3) is 0.360. The highest BCUT2D eigenvalue weighted by molar-refractivity contribution is 7.89. The van der Waals surface area contributed by atoms with Crippen LogP contribution >= 0.6 is 11.3 Å². The van der Waals surface area contributed by atoms with E-state index in [0.717, 1.165) is 57.8 Å². The van der Waals surface area contributed by atoms with E-state index < -0.39 is 10.0 Å². The number of hydrogen-bond acceptors (Lipinski definition) is 6. The molecule has 1 amide bonds. The molecule has 2 aromatic carbocycles. The number of rotatable bonds is 8. The molecule has 0 saturated carbocycles. The van der Waals surface area contributed by atoms with E-state index in [-0.39, 0.29) is 10.8 Å². The second kappa shape index (κ2) is 10.2. The van der Waals surface area contributed by atoms with E-state index in [2.05, 4.69) is 27.3 Å². The fourth-order valence-corrected chi connectivity index (χ4v) is 5.61. The number of thiazole rings is 1. The van der Waals surface area contributed by atoms with Gasteiger partial charge in [-0.25, -0.2) is 17.7 Å². The molecule has 9 heteroatoms. The number of carbonyl (C=O) groups excluding carboxylic acids is 1. The van der Waals surface area contributed by atoms with Gasteiger partial charge in [-0.2, -0.15) is 0 Å². The van der Waals surface area contributed by atoms with E-state index in [1.165, 1.54) is 20.2 Å². The van der Waals surface area contributed by atoms with Crippen LogP contribution in [0.5, 0.6) is 0 Å². The predicted molar refractivity (Wildman–Crippen MR) is 137 cm³/mol. The van der Waals surface area contributed by atoms with Gasteiger partial charge in [0.2, 0.25) is 10.0 Å². The first-order valence-electron chi connectivity index (χ1n) is 11.4. The quantitative estimate of drug-likeness (QED) is 0.509. The Morgan fingerprint density at radius 1 is 1.12 bits per heavy atom. The molecular formula is C25H30N4O3S2. The summed E-state index contributed by atoms with van der Waals surface area (Å²) in [6.07, 6.45) is 2.81. The molecule has 1 saturated heterocycles. The van der Waals surface area contributed by atoms with Crippen molar-refractivity contribution in [2.24, 2.45) is 0 Å². The number of sulfonamides is 1. The van der Waals surface area contributed by atoms with Crippen molar-refractivity contribution in [1.82, 2.24) is 14.6 Å². The maximum atomic E-state index is 13.1. The van der Waals surface area contributed by atoms with Crippen LogP contribution in [0, 0.1) is 6.92 Å². The van der Waals surface area contributed by atoms with Gasteiger partial charge in [-0.3, -0.25) is 4.79 Å². The molecule has 2 heterocycles. The molecule has 1 fully saturated rings. The molecule has 0 atom stereocenters. The maximum Gasteiger partial charge on any atom is 0.253 e. The second-order valence-corrected chi connectivity index (χ2v) is 11.8. The average molecular weight is 499 g/mol. The Morgan fingerprint density at radius 2 is 1.82 bits per heavy atom. The molecule has 4 rings (SSSR count). The molecule has 0 unspecified atom stereocenters. The summed E-state index contributed by atoms with van der Waals surface area (Å²) in [5.74, 6) is -0.257. The average Bonchev–Trinajstić information content (AvgIpc) is 3.51. The van der Waals surface area contributed by atoms with Crippen LogP contribution in [0.2, 0.25) is 0 Å². The van der Waals surface area contributed by atoms with E-state index in [1.54, 1.807) is 23.5 Å². The normalized spacial score (nSPS) is 14.1. The summed E-state index contributed by atoms with van der Waals surface area (Å²) >= 11 is 1.63. The Labute approximate surface area is 205 Å². The molecule has 1 aliphatic heterocycles. The first-order chi connectivity index (χ1) is 16.3. The molecule has 34 heavy (non-hydrogen) atoms. The lowest BCUT2D eigenvalue weighted by molar-refractivity contribution is 0.0954. The summed E-state index contributed by atoms with van der Waals surface area (Å²) in [7, 11) is -0.651. The first kappa shape index (κ1) is 24.4. The predicted octanol–water partition coefficient (Wildman–Crippen LogP) is 3.94. The SMILES string of the molecule is Cc1nc(-c2ccc(CCNC(=O)c3cc(S(=O)(=O)N(C)C)ccc3N3CCCC3)cc2)cs1. The first-order valence-corrected chi connectivity index (χ1v) is 13.7. The van der Waals surface area contributed by atoms with Gasteiger partial charge < -0.3 is 10.2 Å². The molecule has 0 spiro atoms. The largest absolute Gasteiger partial charge is 0.371 e. The maximum absolute atomic E-state index is 13.1. The van der Waals surface area contributed by atoms with Crippen molar-refractivity contribution in [2.75, 3.05) is 38.6 Å². The van der Waals surface area contributed by atoms with Gasteiger partial charge in [0.25, 0.3) is 5.91 Å². The van der Waals surface area contributed by atoms with Gasteiger partial charge >= 0.3 is 0 Å². The fourth-order valence-electron chi connectivity index (χ4n) is 4.06. The third kappa shape index (κ3) is 5.32. The third-order valence-corrected chi connectivity index (χ3v) is 8.59. The summed E-state index contributed by atoms with van der Waals surface area (Å²) in [6.45, 7) is 4.18. The van der Waals surface area contributed by atoms with Crippen LogP contribution in [0.1, 0.15) is 33.8 Å². The van der Waals surface area contributed by atoms with Crippen molar-refractivity contribution in [3.05, 3.63) is 64.0 Å². The van der Waals surface area contributed by atoms with Gasteiger partial charge in [-0.15, -0.1) is 11.3 Å². The summed E-state index contributed by atoms with van der Waals surface area (Å²) < 4.78 is 26.5. The van der Waals surface area contributed by atoms with Crippen LogP contribution in [0.25, 0.3) is 11.3 Å². The number of anilines is 1. The molecule has 1 aromatic heterocycles. The van der Waals surface area contributed by atoms with Gasteiger partial charge in [0.1, 0.15) is 0 Å². The van der Waals surface area contributed by atoms with Crippen molar-refractivity contribution in [1.29, 1.82) is 0 Å². The molecule has 0 radical (unpaired) electrons. The number of amides is 1. The van der Waals surface area contributed by atoms with E-state index in [1.807, 2.05) is 24.4 Å². The van der Waals surface area contributed by atoms with Gasteiger partial charge in [0.15, 0.2) is 0 Å². The highest BCUT2D eigenvalue weighted by atomic mass is 32.2. The van der Waals surface area contributed by atoms with Crippen molar-refractivity contribution in [3.63, 3.8) is 0 Å². The van der Waals surface area contributed by atoms with Crippen molar-refractivity contribution in [2.45, 2.75) is 31.1 Å². The Morgan fingerprint density at radius 3 is 2.44 bits per heavy atom. The van der Waals surface area contributed by atoms with Crippen LogP contribution in [-0.4, -0.2) is 57.3 Å². The van der Waals surface area contributed by atoms with E-state index in [9.17, 15) is 13.2 Å². The van der Waals surface area contributed by atoms with Crippen molar-refractivity contribution >= 4 is 33.0 Å². The van der Waals surface area contributed by atoms with Gasteiger partial charge in [-0.05, 0) is 49.9 Å². The zero-order valence-corrected chi connectivity index (χ0v) is 21.4. The van der Waals surface area contributed by atoms with E-state index >= 15 is 0 Å². The number of aryl methyl sites for hydroxylation is 1. The lowest BCUT2D eigenvalue weighted by atomic mass is 10.1. The Balaban J connectivity index is 1.47. The standard InChI is InChI=1S/C25H30N4O3S2/c1-18-27-23(17-33-18)20-8-6-19(7-9-20)12-13-26-25(30)22-16-21(34(31,32)28(2)3)10-11-24(22)29-14-4-5-15-29/h6-11,16-17H,4-5,12-15H2,1-3H3,(H,26,30). The number of benzene rings is 2. The lowest BCUT2D eigenvalue weighted by Crippen LogP contribution is -2.30. The van der Waals surface area contributed by atoms with Crippen LogP contribution < -0.4 is 10.2 Å². The van der Waals surface area contributed by atoms with Crippen LogP contribution in [-0.2, 0) is 16.4 Å². The number of nitrogens with one attached hydrogen (secondary N) is 1. The van der Waals surface area contributed by atoms with E-state index in [0.29, 0.717) is 18.5 Å². The van der Waals surface area contributed by atoms with Crippen molar-refractivity contribution < 1.29 is 13.2 Å². The summed E-state index contributed by atoms with van der Waals surface area (Å²) in [4.78, 5) is 19.9. The second-order valence-electron chi connectivity index (χ2n) is 8.62. The monoisotopic (exact) mass is 498 g/mol. The van der Waals surface area contributed by atoms with Crippen LogP contribution in [0.4, 0.5) is 5.69 Å². The number of carbonyl (C=O) groups is 1. The third-order valence-electron chi connectivity index (χ3n) is 6.01. The minimum Gasteiger partial charge on any atom is -0.371 e. The zero-order valence-electron chi connectivity index (χ0n) is 19.7. The molecule has 0 aliphatic carbocycles. The van der Waals surface area contributed by atoms with Gasteiger partial charge in [0.05, 0.1) is 21.2 Å². The molecule has 180 valence electrons. The summed E-state index contributed by atoms with van der Waals surface area (Å²) in [6, 6.07) is 13.1. The number of nitrogens with zero attached hydrogens (tertiary/aromatic N) is 3. The Kier molecular flexibility index (Phi) is 7.35. The lowest BCUT2D eigenvalue weighted by Gasteiger charge is -2.22. The minimum atomic E-state index is -3.63. The topological polar surface area (TPSA) is 82.6 Å². The minimum absolute atomic E-state index is 0.124. The number of aromatic nitrogens is 1. The van der Waals surface area contributed by atoms with Gasteiger partial charge in [-0.1, -0.05) is 24.3 Å². The molecule has 0 bridgehead atoms. The molecule has 7 nitrogen and oxygen atoms in total. The van der Waals surface area contributed by atoms with E-state index in [4.69, 9.17) is 0 Å². The summed E-state index contributed by atoms with van der Waals surface area (Å²) in [5, 5.41) is 6.07. The molecule has 1 N–H and O–H groups in total. The van der Waals surface area contributed by atoms with Crippen LogP contribution in [0.3, 0.4) is 0 Å². The zero-order chi connectivity index (χ0) is 24.3. The van der Waals surface area contributed by atoms with Crippen LogP contribution in [0.15, 0.2) is 52.7 Å². The van der Waals surface area contributed by atoms with Gasteiger partial charge in [0, 0.05) is 50.4 Å². The molecular weight excluding hydrogens is 468 g/mol.